The van der Waals surface area contributed by atoms with Crippen LogP contribution in [0.2, 0.25) is 0 Å². The second-order valence-electron chi connectivity index (χ2n) is 5.21. The highest BCUT2D eigenvalue weighted by Gasteiger charge is 2.16. The molecule has 0 atom stereocenters. The van der Waals surface area contributed by atoms with E-state index in [4.69, 9.17) is 0 Å². The number of aryl methyl sites for hydroxylation is 1. The molecule has 3 heteroatoms. The molecule has 3 nitrogen and oxygen atoms in total. The minimum atomic E-state index is 0.264. The zero-order valence-corrected chi connectivity index (χ0v) is 11.6. The first-order chi connectivity index (χ1) is 9.36. The summed E-state index contributed by atoms with van der Waals surface area (Å²) in [5, 5.41) is 3.26. The Bertz CT molecular complexity index is 372. The monoisotopic (exact) mass is 260 g/mol. The zero-order chi connectivity index (χ0) is 13.3. The van der Waals surface area contributed by atoms with E-state index in [1.807, 2.05) is 4.90 Å². The number of benzene rings is 1. The van der Waals surface area contributed by atoms with E-state index in [-0.39, 0.29) is 5.91 Å². The van der Waals surface area contributed by atoms with Crippen molar-refractivity contribution < 1.29 is 4.79 Å². The molecule has 1 aromatic carbocycles. The van der Waals surface area contributed by atoms with E-state index in [0.717, 1.165) is 32.5 Å². The van der Waals surface area contributed by atoms with Gasteiger partial charge in [-0.05, 0) is 44.2 Å². The third-order valence-electron chi connectivity index (χ3n) is 3.65. The number of amides is 1. The lowest BCUT2D eigenvalue weighted by Gasteiger charge is -2.15. The first kappa shape index (κ1) is 14.1. The van der Waals surface area contributed by atoms with E-state index in [2.05, 4.69) is 35.6 Å². The number of hydrogen-bond acceptors (Lipinski definition) is 2. The molecule has 1 heterocycles. The Morgan fingerprint density at radius 1 is 1.11 bits per heavy atom. The molecule has 1 aromatic rings. The minimum absolute atomic E-state index is 0.264. The van der Waals surface area contributed by atoms with Crippen molar-refractivity contribution in [2.24, 2.45) is 0 Å². The Morgan fingerprint density at radius 2 is 1.84 bits per heavy atom. The van der Waals surface area contributed by atoms with Crippen LogP contribution in [0.15, 0.2) is 30.3 Å². The fourth-order valence-corrected chi connectivity index (χ4v) is 2.50. The first-order valence-electron chi connectivity index (χ1n) is 7.39. The average Bonchev–Trinajstić information content (AvgIpc) is 2.98. The van der Waals surface area contributed by atoms with Crippen molar-refractivity contribution in [3.63, 3.8) is 0 Å². The normalized spacial score (nSPS) is 14.8. The largest absolute Gasteiger partial charge is 0.342 e. The highest BCUT2D eigenvalue weighted by atomic mass is 16.2. The first-order valence-corrected chi connectivity index (χ1v) is 7.39. The standard InChI is InChI=1S/C16H24N2O/c19-16(18-12-6-7-13-18)14-17-11-5-4-10-15-8-2-1-3-9-15/h1-3,8-9,17H,4-7,10-14H2. The molecule has 2 rings (SSSR count). The minimum Gasteiger partial charge on any atom is -0.342 e. The van der Waals surface area contributed by atoms with Crippen LogP contribution < -0.4 is 5.32 Å². The molecule has 0 saturated carbocycles. The smallest absolute Gasteiger partial charge is 0.236 e. The molecule has 1 N–H and O–H groups in total. The number of nitrogens with one attached hydrogen (secondary N) is 1. The summed E-state index contributed by atoms with van der Waals surface area (Å²) in [5.74, 6) is 0.264. The van der Waals surface area contributed by atoms with Gasteiger partial charge in [0.2, 0.25) is 5.91 Å². The predicted molar refractivity (Wildman–Crippen MR) is 78.1 cm³/mol. The predicted octanol–water partition coefficient (Wildman–Crippen LogP) is 2.22. The van der Waals surface area contributed by atoms with Gasteiger partial charge in [0.05, 0.1) is 6.54 Å². The van der Waals surface area contributed by atoms with E-state index < -0.39 is 0 Å². The number of rotatable bonds is 7. The topological polar surface area (TPSA) is 32.3 Å². The molecule has 1 fully saturated rings. The van der Waals surface area contributed by atoms with Gasteiger partial charge in [0.25, 0.3) is 0 Å². The fourth-order valence-electron chi connectivity index (χ4n) is 2.50. The third-order valence-corrected chi connectivity index (χ3v) is 3.65. The van der Waals surface area contributed by atoms with Crippen molar-refractivity contribution in [2.45, 2.75) is 32.1 Å². The van der Waals surface area contributed by atoms with Crippen LogP contribution in [0, 0.1) is 0 Å². The van der Waals surface area contributed by atoms with Crippen LogP contribution >= 0.6 is 0 Å². The molecular weight excluding hydrogens is 236 g/mol. The van der Waals surface area contributed by atoms with Gasteiger partial charge in [-0.15, -0.1) is 0 Å². The van der Waals surface area contributed by atoms with Crippen molar-refractivity contribution >= 4 is 5.91 Å². The van der Waals surface area contributed by atoms with Crippen LogP contribution in [0.5, 0.6) is 0 Å². The molecule has 0 unspecified atom stereocenters. The highest BCUT2D eigenvalue weighted by molar-refractivity contribution is 5.78. The van der Waals surface area contributed by atoms with E-state index in [1.165, 1.54) is 24.8 Å². The summed E-state index contributed by atoms with van der Waals surface area (Å²) in [5.41, 5.74) is 1.40. The van der Waals surface area contributed by atoms with Gasteiger partial charge in [0.15, 0.2) is 0 Å². The van der Waals surface area contributed by atoms with Crippen molar-refractivity contribution in [1.29, 1.82) is 0 Å². The van der Waals surface area contributed by atoms with E-state index >= 15 is 0 Å². The van der Waals surface area contributed by atoms with Crippen LogP contribution in [0.25, 0.3) is 0 Å². The highest BCUT2D eigenvalue weighted by Crippen LogP contribution is 2.07. The Balaban J connectivity index is 1.49. The van der Waals surface area contributed by atoms with Gasteiger partial charge in [-0.25, -0.2) is 0 Å². The van der Waals surface area contributed by atoms with Gasteiger partial charge in [0, 0.05) is 13.1 Å². The summed E-state index contributed by atoms with van der Waals surface area (Å²) in [6.07, 6.45) is 5.77. The second-order valence-corrected chi connectivity index (χ2v) is 5.21. The number of likely N-dealkylation sites (tertiary alicyclic amines) is 1. The maximum atomic E-state index is 11.8. The van der Waals surface area contributed by atoms with Crippen LogP contribution in [-0.4, -0.2) is 37.0 Å². The molecule has 0 bridgehead atoms. The van der Waals surface area contributed by atoms with Crippen molar-refractivity contribution in [3.8, 4) is 0 Å². The Kier molecular flexibility index (Phi) is 5.89. The maximum Gasteiger partial charge on any atom is 0.236 e. The van der Waals surface area contributed by atoms with Gasteiger partial charge in [0.1, 0.15) is 0 Å². The summed E-state index contributed by atoms with van der Waals surface area (Å²) in [7, 11) is 0. The van der Waals surface area contributed by atoms with E-state index in [0.29, 0.717) is 6.54 Å². The summed E-state index contributed by atoms with van der Waals surface area (Å²) in [6.45, 7) is 3.35. The second kappa shape index (κ2) is 7.95. The molecule has 1 aliphatic heterocycles. The molecular formula is C16H24N2O. The zero-order valence-electron chi connectivity index (χ0n) is 11.6. The molecule has 0 radical (unpaired) electrons. The number of unbranched alkanes of at least 4 members (excludes halogenated alkanes) is 1. The lowest BCUT2D eigenvalue weighted by atomic mass is 10.1. The van der Waals surface area contributed by atoms with Gasteiger partial charge in [-0.2, -0.15) is 0 Å². The van der Waals surface area contributed by atoms with Crippen LogP contribution in [0.4, 0.5) is 0 Å². The number of hydrogen-bond donors (Lipinski definition) is 1. The molecule has 0 aromatic heterocycles. The Hall–Kier alpha value is -1.35. The molecule has 0 spiro atoms. The average molecular weight is 260 g/mol. The van der Waals surface area contributed by atoms with Crippen molar-refractivity contribution in [3.05, 3.63) is 35.9 Å². The summed E-state index contributed by atoms with van der Waals surface area (Å²) in [4.78, 5) is 13.7. The third kappa shape index (κ3) is 5.03. The summed E-state index contributed by atoms with van der Waals surface area (Å²) >= 11 is 0. The molecule has 104 valence electrons. The summed E-state index contributed by atoms with van der Waals surface area (Å²) < 4.78 is 0. The molecule has 1 saturated heterocycles. The lowest BCUT2D eigenvalue weighted by molar-refractivity contribution is -0.129. The lowest BCUT2D eigenvalue weighted by Crippen LogP contribution is -2.36. The van der Waals surface area contributed by atoms with Crippen LogP contribution in [-0.2, 0) is 11.2 Å². The number of nitrogens with zero attached hydrogens (tertiary/aromatic N) is 1. The number of carbonyl (C=O) groups is 1. The van der Waals surface area contributed by atoms with Gasteiger partial charge >= 0.3 is 0 Å². The quantitative estimate of drug-likeness (QED) is 0.762. The maximum absolute atomic E-state index is 11.8. The fraction of sp³-hybridized carbons (Fsp3) is 0.562. The van der Waals surface area contributed by atoms with Crippen LogP contribution in [0.3, 0.4) is 0 Å². The Morgan fingerprint density at radius 3 is 2.58 bits per heavy atom. The van der Waals surface area contributed by atoms with Crippen molar-refractivity contribution in [2.75, 3.05) is 26.2 Å². The van der Waals surface area contributed by atoms with Crippen LogP contribution in [0.1, 0.15) is 31.2 Å². The van der Waals surface area contributed by atoms with E-state index in [9.17, 15) is 4.79 Å². The van der Waals surface area contributed by atoms with E-state index in [1.54, 1.807) is 0 Å². The SMILES string of the molecule is O=C(CNCCCCc1ccccc1)N1CCCC1. The van der Waals surface area contributed by atoms with Gasteiger partial charge in [-0.3, -0.25) is 4.79 Å². The Labute approximate surface area is 116 Å². The van der Waals surface area contributed by atoms with Gasteiger partial charge < -0.3 is 10.2 Å². The molecule has 0 aliphatic carbocycles. The number of carbonyl (C=O) groups excluding carboxylic acids is 1. The summed E-state index contributed by atoms with van der Waals surface area (Å²) in [6, 6.07) is 10.6. The molecule has 19 heavy (non-hydrogen) atoms. The van der Waals surface area contributed by atoms with Crippen molar-refractivity contribution in [1.82, 2.24) is 10.2 Å². The molecule has 1 amide bonds. The van der Waals surface area contributed by atoms with Gasteiger partial charge in [-0.1, -0.05) is 30.3 Å². The molecule has 1 aliphatic rings.